The Morgan fingerprint density at radius 3 is 1.52 bits per heavy atom. The molecule has 0 aromatic heterocycles. The van der Waals surface area contributed by atoms with Crippen molar-refractivity contribution in [3.05, 3.63) is 0 Å². The minimum atomic E-state index is -1.45. The van der Waals surface area contributed by atoms with Crippen molar-refractivity contribution >= 4 is 17.9 Å². The molecule has 0 radical (unpaired) electrons. The second-order valence-electron chi connectivity index (χ2n) is 7.68. The maximum atomic E-state index is 11.5. The molecule has 2 N–H and O–H groups in total. The van der Waals surface area contributed by atoms with E-state index in [2.05, 4.69) is 11.7 Å². The summed E-state index contributed by atoms with van der Waals surface area (Å²) in [6, 6.07) is -1.35. The largest absolute Gasteiger partial charge is 1.00 e. The summed E-state index contributed by atoms with van der Waals surface area (Å²) in [4.78, 5) is 33.3. The van der Waals surface area contributed by atoms with Crippen LogP contribution in [0.2, 0.25) is 0 Å². The Balaban J connectivity index is 0. The van der Waals surface area contributed by atoms with Crippen LogP contribution in [0.15, 0.2) is 0 Å². The second-order valence-corrected chi connectivity index (χ2v) is 7.68. The number of aliphatic carboxylic acids is 1. The van der Waals surface area contributed by atoms with E-state index >= 15 is 0 Å². The van der Waals surface area contributed by atoms with Crippen molar-refractivity contribution in [1.29, 1.82) is 0 Å². The van der Waals surface area contributed by atoms with E-state index in [-0.39, 0.29) is 36.0 Å². The van der Waals surface area contributed by atoms with E-state index in [0.717, 1.165) is 12.8 Å². The minimum absolute atomic E-state index is 0. The van der Waals surface area contributed by atoms with Crippen LogP contribution in [0.4, 0.5) is 0 Å². The normalized spacial score (nSPS) is 11.5. The van der Waals surface area contributed by atoms with Gasteiger partial charge in [-0.1, -0.05) is 96.8 Å². The van der Waals surface area contributed by atoms with Crippen molar-refractivity contribution in [2.75, 3.05) is 0 Å². The standard InChI is InChI=1S/C22H41NO5.Na/c1-2-3-4-5-6-7-8-9-10-11-12-13-14-15-16-17-21(26)28-22(27)19(23)18-20(24)25;/h19H,2-18,23H2,1H3,(H,24,25);/q;+1/p-1/t19-;/m0./s1. The van der Waals surface area contributed by atoms with Gasteiger partial charge < -0.3 is 20.4 Å². The molecule has 0 aliphatic heterocycles. The Morgan fingerprint density at radius 2 is 1.14 bits per heavy atom. The summed E-state index contributed by atoms with van der Waals surface area (Å²) in [6.07, 6.45) is 18.1. The van der Waals surface area contributed by atoms with Gasteiger partial charge in [-0.2, -0.15) is 0 Å². The van der Waals surface area contributed by atoms with E-state index in [9.17, 15) is 19.5 Å². The summed E-state index contributed by atoms with van der Waals surface area (Å²) in [7, 11) is 0. The fourth-order valence-corrected chi connectivity index (χ4v) is 3.14. The van der Waals surface area contributed by atoms with E-state index in [0.29, 0.717) is 6.42 Å². The van der Waals surface area contributed by atoms with E-state index in [1.54, 1.807) is 0 Å². The smallest absolute Gasteiger partial charge is 0.550 e. The van der Waals surface area contributed by atoms with Crippen LogP contribution in [0.25, 0.3) is 0 Å². The van der Waals surface area contributed by atoms with Gasteiger partial charge in [0.25, 0.3) is 0 Å². The average molecular weight is 422 g/mol. The van der Waals surface area contributed by atoms with Gasteiger partial charge >= 0.3 is 41.5 Å². The van der Waals surface area contributed by atoms with Crippen molar-refractivity contribution in [3.8, 4) is 0 Å². The Hall–Kier alpha value is -0.430. The third-order valence-corrected chi connectivity index (χ3v) is 4.89. The Bertz CT molecular complexity index is 431. The number of unbranched alkanes of at least 4 members (excludes halogenated alkanes) is 14. The van der Waals surface area contributed by atoms with Crippen molar-refractivity contribution in [3.63, 3.8) is 0 Å². The molecule has 0 saturated heterocycles. The Morgan fingerprint density at radius 1 is 0.759 bits per heavy atom. The van der Waals surface area contributed by atoms with Gasteiger partial charge in [-0.25, -0.2) is 4.79 Å². The summed E-state index contributed by atoms with van der Waals surface area (Å²) >= 11 is 0. The zero-order valence-corrected chi connectivity index (χ0v) is 20.7. The molecule has 0 unspecified atom stereocenters. The molecule has 0 heterocycles. The summed E-state index contributed by atoms with van der Waals surface area (Å²) in [6.45, 7) is 2.25. The molecule has 0 aliphatic rings. The van der Waals surface area contributed by atoms with E-state index in [1.807, 2.05) is 0 Å². The van der Waals surface area contributed by atoms with Gasteiger partial charge in [0.1, 0.15) is 6.04 Å². The average Bonchev–Trinajstić information content (AvgIpc) is 2.64. The van der Waals surface area contributed by atoms with Gasteiger partial charge in [0, 0.05) is 18.8 Å². The molecular formula is C22H40NNaO5. The van der Waals surface area contributed by atoms with Crippen LogP contribution in [-0.4, -0.2) is 23.9 Å². The molecule has 29 heavy (non-hydrogen) atoms. The minimum Gasteiger partial charge on any atom is -0.550 e. The third kappa shape index (κ3) is 22.1. The van der Waals surface area contributed by atoms with Crippen molar-refractivity contribution < 1.29 is 53.8 Å². The number of ether oxygens (including phenoxy) is 1. The summed E-state index contributed by atoms with van der Waals surface area (Å²) in [5, 5.41) is 10.3. The third-order valence-electron chi connectivity index (χ3n) is 4.89. The van der Waals surface area contributed by atoms with Gasteiger partial charge in [-0.15, -0.1) is 0 Å². The number of nitrogens with two attached hydrogens (primary N) is 1. The first-order valence-corrected chi connectivity index (χ1v) is 11.2. The van der Waals surface area contributed by atoms with E-state index < -0.39 is 30.4 Å². The van der Waals surface area contributed by atoms with Crippen LogP contribution in [0.5, 0.6) is 0 Å². The second kappa shape index (κ2) is 22.3. The van der Waals surface area contributed by atoms with Crippen LogP contribution in [0.3, 0.4) is 0 Å². The summed E-state index contributed by atoms with van der Waals surface area (Å²) < 4.78 is 4.54. The number of rotatable bonds is 19. The van der Waals surface area contributed by atoms with Crippen LogP contribution in [0, 0.1) is 0 Å². The monoisotopic (exact) mass is 421 g/mol. The molecule has 0 fully saturated rings. The van der Waals surface area contributed by atoms with Crippen molar-refractivity contribution in [1.82, 2.24) is 0 Å². The summed E-state index contributed by atoms with van der Waals surface area (Å²) in [5.41, 5.74) is 5.30. The Kier molecular flexibility index (Phi) is 23.6. The molecule has 0 rings (SSSR count). The van der Waals surface area contributed by atoms with Gasteiger partial charge in [-0.3, -0.25) is 4.79 Å². The first kappa shape index (κ1) is 30.8. The molecule has 164 valence electrons. The van der Waals surface area contributed by atoms with E-state index in [4.69, 9.17) is 5.73 Å². The predicted molar refractivity (Wildman–Crippen MR) is 108 cm³/mol. The molecule has 0 aromatic carbocycles. The predicted octanol–water partition coefficient (Wildman–Crippen LogP) is 0.789. The summed E-state index contributed by atoms with van der Waals surface area (Å²) in [5.74, 6) is -3.09. The SMILES string of the molecule is CCCCCCCCCCCCCCCCCC(=O)OC(=O)[C@@H](N)CC(=O)[O-].[Na+]. The number of hydrogen-bond acceptors (Lipinski definition) is 6. The maximum absolute atomic E-state index is 11.5. The maximum Gasteiger partial charge on any atom is 1.00 e. The molecule has 0 saturated carbocycles. The number of hydrogen-bond donors (Lipinski definition) is 1. The molecule has 0 spiro atoms. The number of esters is 2. The van der Waals surface area contributed by atoms with Crippen LogP contribution in [-0.2, 0) is 19.1 Å². The number of carboxylic acid groups (broad SMARTS) is 1. The molecule has 7 heteroatoms. The molecular weight excluding hydrogens is 381 g/mol. The molecule has 6 nitrogen and oxygen atoms in total. The van der Waals surface area contributed by atoms with Gasteiger partial charge in [0.2, 0.25) is 0 Å². The molecule has 0 aliphatic carbocycles. The molecule has 0 aromatic rings. The Labute approximate surface area is 199 Å². The zero-order chi connectivity index (χ0) is 21.0. The van der Waals surface area contributed by atoms with Crippen molar-refractivity contribution in [2.45, 2.75) is 122 Å². The quantitative estimate of drug-likeness (QED) is 0.143. The van der Waals surface area contributed by atoms with Gasteiger partial charge in [-0.05, 0) is 6.42 Å². The van der Waals surface area contributed by atoms with Crippen molar-refractivity contribution in [2.24, 2.45) is 5.73 Å². The molecule has 1 atom stereocenters. The van der Waals surface area contributed by atoms with Crippen LogP contribution in [0.1, 0.15) is 116 Å². The van der Waals surface area contributed by atoms with Gasteiger partial charge in [0.05, 0.1) is 0 Å². The fraction of sp³-hybridized carbons (Fsp3) is 0.864. The number of carboxylic acids is 1. The van der Waals surface area contributed by atoms with Crippen LogP contribution >= 0.6 is 0 Å². The first-order chi connectivity index (χ1) is 13.5. The number of carbonyl (C=O) groups excluding carboxylic acids is 3. The fourth-order valence-electron chi connectivity index (χ4n) is 3.14. The van der Waals surface area contributed by atoms with Gasteiger partial charge in [0.15, 0.2) is 0 Å². The van der Waals surface area contributed by atoms with Crippen LogP contribution < -0.4 is 40.4 Å². The number of carbonyl (C=O) groups is 3. The molecule has 0 amide bonds. The van der Waals surface area contributed by atoms with E-state index in [1.165, 1.54) is 77.0 Å². The molecule has 0 bridgehead atoms. The zero-order valence-electron chi connectivity index (χ0n) is 18.7. The topological polar surface area (TPSA) is 110 Å². The first-order valence-electron chi connectivity index (χ1n) is 11.2.